The Labute approximate surface area is 176 Å². The van der Waals surface area contributed by atoms with E-state index in [2.05, 4.69) is 15.5 Å². The van der Waals surface area contributed by atoms with Gasteiger partial charge in [-0.15, -0.1) is 0 Å². The molecule has 0 unspecified atom stereocenters. The summed E-state index contributed by atoms with van der Waals surface area (Å²) in [5.41, 5.74) is 2.53. The fraction of sp³-hybridized carbons (Fsp3) is 0.375. The minimum absolute atomic E-state index is 0.243. The Morgan fingerprint density at radius 3 is 2.67 bits per heavy atom. The van der Waals surface area contributed by atoms with Crippen molar-refractivity contribution in [3.63, 3.8) is 0 Å². The van der Waals surface area contributed by atoms with Gasteiger partial charge in [0, 0.05) is 17.5 Å². The first-order valence-electron chi connectivity index (χ1n) is 10.7. The van der Waals surface area contributed by atoms with E-state index in [-0.39, 0.29) is 11.7 Å². The van der Waals surface area contributed by atoms with Crippen LogP contribution in [0.3, 0.4) is 0 Å². The number of benzene rings is 2. The first-order valence-corrected chi connectivity index (χ1v) is 10.7. The SMILES string of the molecule is O=C1Nc2cc(F)ccc2/C1=C\Nc1ccc(OCCCCN2CCCCC2)cc1. The maximum atomic E-state index is 13.3. The van der Waals surface area contributed by atoms with Gasteiger partial charge in [0.15, 0.2) is 0 Å². The van der Waals surface area contributed by atoms with Crippen molar-refractivity contribution in [1.29, 1.82) is 0 Å². The summed E-state index contributed by atoms with van der Waals surface area (Å²) < 4.78 is 19.2. The van der Waals surface area contributed by atoms with E-state index in [4.69, 9.17) is 4.74 Å². The lowest BCUT2D eigenvalue weighted by atomic mass is 10.1. The predicted octanol–water partition coefficient (Wildman–Crippen LogP) is 4.88. The van der Waals surface area contributed by atoms with E-state index < -0.39 is 0 Å². The molecule has 0 atom stereocenters. The summed E-state index contributed by atoms with van der Waals surface area (Å²) >= 11 is 0. The molecule has 0 bridgehead atoms. The quantitative estimate of drug-likeness (QED) is 0.482. The van der Waals surface area contributed by atoms with Gasteiger partial charge in [-0.2, -0.15) is 0 Å². The van der Waals surface area contributed by atoms with Crippen LogP contribution in [0.25, 0.3) is 5.57 Å². The minimum Gasteiger partial charge on any atom is -0.494 e. The highest BCUT2D eigenvalue weighted by Crippen LogP contribution is 2.32. The molecule has 1 amide bonds. The van der Waals surface area contributed by atoms with Gasteiger partial charge >= 0.3 is 0 Å². The van der Waals surface area contributed by atoms with Gasteiger partial charge in [0.05, 0.1) is 17.9 Å². The van der Waals surface area contributed by atoms with Crippen LogP contribution in [0.4, 0.5) is 15.8 Å². The zero-order valence-electron chi connectivity index (χ0n) is 17.1. The number of ether oxygens (including phenoxy) is 1. The lowest BCUT2D eigenvalue weighted by Gasteiger charge is -2.26. The van der Waals surface area contributed by atoms with E-state index >= 15 is 0 Å². The molecule has 2 N–H and O–H groups in total. The Hall–Kier alpha value is -2.86. The topological polar surface area (TPSA) is 53.6 Å². The lowest BCUT2D eigenvalue weighted by molar-refractivity contribution is -0.110. The van der Waals surface area contributed by atoms with Crippen LogP contribution in [0, 0.1) is 5.82 Å². The molecule has 0 spiro atoms. The number of hydrogen-bond donors (Lipinski definition) is 2. The van der Waals surface area contributed by atoms with Crippen LogP contribution in [0.1, 0.15) is 37.7 Å². The van der Waals surface area contributed by atoms with Gasteiger partial charge in [-0.25, -0.2) is 4.39 Å². The number of fused-ring (bicyclic) bond motifs is 1. The fourth-order valence-electron chi connectivity index (χ4n) is 3.92. The number of piperidine rings is 1. The predicted molar refractivity (Wildman–Crippen MR) is 118 cm³/mol. The Morgan fingerprint density at radius 1 is 1.07 bits per heavy atom. The molecule has 5 nitrogen and oxygen atoms in total. The largest absolute Gasteiger partial charge is 0.494 e. The number of unbranched alkanes of at least 4 members (excludes halogenated alkanes) is 1. The summed E-state index contributed by atoms with van der Waals surface area (Å²) in [5.74, 6) is 0.226. The van der Waals surface area contributed by atoms with E-state index in [0.29, 0.717) is 16.8 Å². The maximum absolute atomic E-state index is 13.3. The van der Waals surface area contributed by atoms with Crippen molar-refractivity contribution in [2.24, 2.45) is 0 Å². The van der Waals surface area contributed by atoms with Crippen LogP contribution in [0.2, 0.25) is 0 Å². The molecule has 6 heteroatoms. The molecular formula is C24H28FN3O2. The molecule has 1 fully saturated rings. The smallest absolute Gasteiger partial charge is 0.257 e. The van der Waals surface area contributed by atoms with Crippen LogP contribution >= 0.6 is 0 Å². The van der Waals surface area contributed by atoms with Gasteiger partial charge in [0.2, 0.25) is 0 Å². The first-order chi connectivity index (χ1) is 14.7. The Kier molecular flexibility index (Phi) is 6.64. The molecule has 0 radical (unpaired) electrons. The van der Waals surface area contributed by atoms with Gasteiger partial charge in [-0.1, -0.05) is 6.42 Å². The van der Waals surface area contributed by atoms with Crippen LogP contribution in [-0.4, -0.2) is 37.0 Å². The molecule has 0 aromatic heterocycles. The van der Waals surface area contributed by atoms with Crippen LogP contribution < -0.4 is 15.4 Å². The number of halogens is 1. The van der Waals surface area contributed by atoms with Gasteiger partial charge in [-0.05, 0) is 87.8 Å². The third-order valence-electron chi connectivity index (χ3n) is 5.59. The van der Waals surface area contributed by atoms with Crippen molar-refractivity contribution in [3.8, 4) is 5.75 Å². The van der Waals surface area contributed by atoms with Gasteiger partial charge in [0.25, 0.3) is 5.91 Å². The van der Waals surface area contributed by atoms with Crippen molar-refractivity contribution in [1.82, 2.24) is 4.90 Å². The molecule has 4 rings (SSSR count). The normalized spacial score (nSPS) is 17.6. The molecule has 30 heavy (non-hydrogen) atoms. The molecule has 2 aromatic rings. The Morgan fingerprint density at radius 2 is 1.87 bits per heavy atom. The second-order valence-electron chi connectivity index (χ2n) is 7.83. The third kappa shape index (κ3) is 5.19. The molecule has 0 aliphatic carbocycles. The van der Waals surface area contributed by atoms with Crippen LogP contribution in [0.5, 0.6) is 5.75 Å². The highest BCUT2D eigenvalue weighted by atomic mass is 19.1. The number of amides is 1. The summed E-state index contributed by atoms with van der Waals surface area (Å²) in [7, 11) is 0. The zero-order valence-corrected chi connectivity index (χ0v) is 17.1. The Balaban J connectivity index is 1.23. The molecule has 2 aliphatic heterocycles. The van der Waals surface area contributed by atoms with E-state index in [9.17, 15) is 9.18 Å². The summed E-state index contributed by atoms with van der Waals surface area (Å²) in [6.07, 6.45) is 7.92. The number of rotatable bonds is 8. The number of hydrogen-bond acceptors (Lipinski definition) is 4. The van der Waals surface area contributed by atoms with Gasteiger partial charge in [-0.3, -0.25) is 4.79 Å². The number of carbonyl (C=O) groups is 1. The van der Waals surface area contributed by atoms with Crippen LogP contribution in [0.15, 0.2) is 48.7 Å². The molecule has 2 aliphatic rings. The Bertz CT molecular complexity index is 905. The molecule has 1 saturated heterocycles. The number of nitrogens with one attached hydrogen (secondary N) is 2. The number of carbonyl (C=O) groups excluding carboxylic acids is 1. The summed E-state index contributed by atoms with van der Waals surface area (Å²) in [5, 5.41) is 5.81. The molecule has 2 heterocycles. The summed E-state index contributed by atoms with van der Waals surface area (Å²) in [6.45, 7) is 4.38. The molecule has 0 saturated carbocycles. The zero-order chi connectivity index (χ0) is 20.8. The average Bonchev–Trinajstić information content (AvgIpc) is 3.07. The molecule has 2 aromatic carbocycles. The number of likely N-dealkylation sites (tertiary alicyclic amines) is 1. The lowest BCUT2D eigenvalue weighted by Crippen LogP contribution is -2.30. The monoisotopic (exact) mass is 409 g/mol. The second-order valence-corrected chi connectivity index (χ2v) is 7.83. The highest BCUT2D eigenvalue weighted by molar-refractivity contribution is 6.31. The summed E-state index contributed by atoms with van der Waals surface area (Å²) in [6, 6.07) is 12.0. The van der Waals surface area contributed by atoms with Crippen molar-refractivity contribution in [2.75, 3.05) is 36.9 Å². The van der Waals surface area contributed by atoms with Crippen LogP contribution in [-0.2, 0) is 4.79 Å². The van der Waals surface area contributed by atoms with E-state index in [1.54, 1.807) is 12.3 Å². The van der Waals surface area contributed by atoms with Crippen molar-refractivity contribution < 1.29 is 13.9 Å². The number of nitrogens with zero attached hydrogens (tertiary/aromatic N) is 1. The highest BCUT2D eigenvalue weighted by Gasteiger charge is 2.24. The average molecular weight is 410 g/mol. The van der Waals surface area contributed by atoms with E-state index in [1.807, 2.05) is 24.3 Å². The molecular weight excluding hydrogens is 381 g/mol. The molecule has 158 valence electrons. The number of anilines is 2. The standard InChI is InChI=1S/C24H28FN3O2/c25-18-6-11-21-22(24(29)27-23(21)16-18)17-26-19-7-9-20(10-8-19)30-15-5-4-14-28-12-2-1-3-13-28/h6-11,16-17,26H,1-5,12-15H2,(H,27,29)/b22-17+. The fourth-order valence-corrected chi connectivity index (χ4v) is 3.92. The van der Waals surface area contributed by atoms with Crippen molar-refractivity contribution >= 4 is 22.9 Å². The van der Waals surface area contributed by atoms with Gasteiger partial charge < -0.3 is 20.3 Å². The third-order valence-corrected chi connectivity index (χ3v) is 5.59. The minimum atomic E-state index is -0.370. The first kappa shape index (κ1) is 20.4. The van der Waals surface area contributed by atoms with Gasteiger partial charge in [0.1, 0.15) is 11.6 Å². The maximum Gasteiger partial charge on any atom is 0.257 e. The van der Waals surface area contributed by atoms with Crippen molar-refractivity contribution in [3.05, 3.63) is 60.0 Å². The second kappa shape index (κ2) is 9.76. The van der Waals surface area contributed by atoms with E-state index in [1.165, 1.54) is 57.5 Å². The summed E-state index contributed by atoms with van der Waals surface area (Å²) in [4.78, 5) is 14.7. The van der Waals surface area contributed by atoms with Crippen molar-refractivity contribution in [2.45, 2.75) is 32.1 Å². The van der Waals surface area contributed by atoms with E-state index in [0.717, 1.165) is 24.5 Å².